The van der Waals surface area contributed by atoms with Crippen LogP contribution in [-0.4, -0.2) is 21.0 Å². The third-order valence-corrected chi connectivity index (χ3v) is 3.22. The van der Waals surface area contributed by atoms with Gasteiger partial charge in [0.05, 0.1) is 11.1 Å². The minimum Gasteiger partial charge on any atom is -0.344 e. The highest BCUT2D eigenvalue weighted by Crippen LogP contribution is 2.20. The van der Waals surface area contributed by atoms with Gasteiger partial charge in [0.15, 0.2) is 0 Å². The van der Waals surface area contributed by atoms with Crippen LogP contribution in [0.2, 0.25) is 0 Å². The Morgan fingerprint density at radius 1 is 1.24 bits per heavy atom. The SMILES string of the molecule is CCc1ccc(NC(=O)Nc2c[nH]c3ncncc23)cc1. The monoisotopic (exact) mass is 281 g/mol. The number of aryl methyl sites for hydroxylation is 1. The number of carbonyl (C=O) groups excluding carboxylic acids is 1. The molecule has 0 aliphatic carbocycles. The van der Waals surface area contributed by atoms with Gasteiger partial charge in [0.2, 0.25) is 0 Å². The van der Waals surface area contributed by atoms with Crippen LogP contribution in [0.1, 0.15) is 12.5 Å². The second-order valence-corrected chi connectivity index (χ2v) is 4.62. The zero-order valence-electron chi connectivity index (χ0n) is 11.6. The standard InChI is InChI=1S/C15H15N5O/c1-2-10-3-5-11(6-4-10)19-15(21)20-13-8-17-14-12(13)7-16-9-18-14/h3-9H,2H2,1H3,(H,16,17,18)(H2,19,20,21). The lowest BCUT2D eigenvalue weighted by molar-refractivity contribution is 0.262. The molecule has 3 N–H and O–H groups in total. The number of amides is 2. The number of rotatable bonds is 3. The quantitative estimate of drug-likeness (QED) is 0.689. The molecular formula is C15H15N5O. The molecule has 0 radical (unpaired) electrons. The number of aromatic amines is 1. The van der Waals surface area contributed by atoms with Crippen LogP contribution in [0, 0.1) is 0 Å². The van der Waals surface area contributed by atoms with Gasteiger partial charge in [-0.3, -0.25) is 0 Å². The van der Waals surface area contributed by atoms with E-state index in [1.807, 2.05) is 24.3 Å². The minimum atomic E-state index is -0.302. The van der Waals surface area contributed by atoms with E-state index in [4.69, 9.17) is 0 Å². The van der Waals surface area contributed by atoms with Crippen LogP contribution in [-0.2, 0) is 6.42 Å². The second-order valence-electron chi connectivity index (χ2n) is 4.62. The van der Waals surface area contributed by atoms with E-state index in [2.05, 4.69) is 32.5 Å². The lowest BCUT2D eigenvalue weighted by Crippen LogP contribution is -2.19. The van der Waals surface area contributed by atoms with E-state index in [1.54, 1.807) is 12.4 Å². The number of hydrogen-bond donors (Lipinski definition) is 3. The topological polar surface area (TPSA) is 82.7 Å². The molecule has 6 heteroatoms. The molecule has 0 fully saturated rings. The number of nitrogens with zero attached hydrogens (tertiary/aromatic N) is 2. The number of urea groups is 1. The van der Waals surface area contributed by atoms with Gasteiger partial charge < -0.3 is 15.6 Å². The number of aromatic nitrogens is 3. The van der Waals surface area contributed by atoms with Crippen molar-refractivity contribution in [1.82, 2.24) is 15.0 Å². The molecule has 0 atom stereocenters. The Labute approximate surface area is 121 Å². The predicted octanol–water partition coefficient (Wildman–Crippen LogP) is 3.16. The van der Waals surface area contributed by atoms with Crippen molar-refractivity contribution < 1.29 is 4.79 Å². The van der Waals surface area contributed by atoms with E-state index in [0.717, 1.165) is 17.5 Å². The largest absolute Gasteiger partial charge is 0.344 e. The lowest BCUT2D eigenvalue weighted by Gasteiger charge is -2.07. The van der Waals surface area contributed by atoms with Crippen molar-refractivity contribution in [2.75, 3.05) is 10.6 Å². The summed E-state index contributed by atoms with van der Waals surface area (Å²) in [5.74, 6) is 0. The summed E-state index contributed by atoms with van der Waals surface area (Å²) >= 11 is 0. The molecular weight excluding hydrogens is 266 g/mol. The molecule has 2 heterocycles. The zero-order chi connectivity index (χ0) is 14.7. The first-order chi connectivity index (χ1) is 10.3. The van der Waals surface area contributed by atoms with Crippen LogP contribution in [0.25, 0.3) is 11.0 Å². The summed E-state index contributed by atoms with van der Waals surface area (Å²) in [5.41, 5.74) is 3.32. The minimum absolute atomic E-state index is 0.302. The molecule has 0 aliphatic heterocycles. The van der Waals surface area contributed by atoms with Crippen LogP contribution in [0.15, 0.2) is 43.0 Å². The van der Waals surface area contributed by atoms with Crippen LogP contribution in [0.5, 0.6) is 0 Å². The fraction of sp³-hybridized carbons (Fsp3) is 0.133. The van der Waals surface area contributed by atoms with E-state index in [9.17, 15) is 4.79 Å². The maximum Gasteiger partial charge on any atom is 0.323 e. The van der Waals surface area contributed by atoms with E-state index >= 15 is 0 Å². The average Bonchev–Trinajstić information content (AvgIpc) is 2.91. The molecule has 1 aromatic carbocycles. The summed E-state index contributed by atoms with van der Waals surface area (Å²) < 4.78 is 0. The molecule has 2 amide bonds. The Hall–Kier alpha value is -2.89. The summed E-state index contributed by atoms with van der Waals surface area (Å²) in [6, 6.07) is 7.46. The molecule has 0 unspecified atom stereocenters. The average molecular weight is 281 g/mol. The third kappa shape index (κ3) is 2.84. The van der Waals surface area contributed by atoms with Crippen molar-refractivity contribution in [1.29, 1.82) is 0 Å². The van der Waals surface area contributed by atoms with Gasteiger partial charge in [-0.2, -0.15) is 0 Å². The molecule has 0 bridgehead atoms. The maximum atomic E-state index is 12.0. The Balaban J connectivity index is 1.71. The first-order valence-electron chi connectivity index (χ1n) is 6.70. The van der Waals surface area contributed by atoms with E-state index in [-0.39, 0.29) is 6.03 Å². The van der Waals surface area contributed by atoms with Crippen molar-refractivity contribution >= 4 is 28.4 Å². The first kappa shape index (κ1) is 13.1. The highest BCUT2D eigenvalue weighted by Gasteiger charge is 2.08. The number of hydrogen-bond acceptors (Lipinski definition) is 3. The Morgan fingerprint density at radius 2 is 2.05 bits per heavy atom. The van der Waals surface area contributed by atoms with Crippen LogP contribution >= 0.6 is 0 Å². The lowest BCUT2D eigenvalue weighted by atomic mass is 10.1. The van der Waals surface area contributed by atoms with Gasteiger partial charge in [0.1, 0.15) is 12.0 Å². The van der Waals surface area contributed by atoms with E-state index in [1.165, 1.54) is 11.9 Å². The summed E-state index contributed by atoms with van der Waals surface area (Å²) in [6.07, 6.45) is 5.78. The first-order valence-corrected chi connectivity index (χ1v) is 6.70. The van der Waals surface area contributed by atoms with E-state index in [0.29, 0.717) is 11.3 Å². The van der Waals surface area contributed by atoms with Crippen molar-refractivity contribution in [2.24, 2.45) is 0 Å². The second kappa shape index (κ2) is 5.62. The Morgan fingerprint density at radius 3 is 2.81 bits per heavy atom. The summed E-state index contributed by atoms with van der Waals surface area (Å²) in [5, 5.41) is 6.34. The Kier molecular flexibility index (Phi) is 3.51. The number of anilines is 2. The molecule has 3 rings (SSSR count). The van der Waals surface area contributed by atoms with Gasteiger partial charge in [-0.15, -0.1) is 0 Å². The van der Waals surface area contributed by atoms with Gasteiger partial charge in [0, 0.05) is 18.1 Å². The number of nitrogens with one attached hydrogen (secondary N) is 3. The van der Waals surface area contributed by atoms with Gasteiger partial charge in [-0.05, 0) is 24.1 Å². The number of benzene rings is 1. The molecule has 0 saturated heterocycles. The highest BCUT2D eigenvalue weighted by atomic mass is 16.2. The van der Waals surface area contributed by atoms with Crippen molar-refractivity contribution in [3.63, 3.8) is 0 Å². The van der Waals surface area contributed by atoms with Crippen molar-refractivity contribution in [2.45, 2.75) is 13.3 Å². The van der Waals surface area contributed by atoms with Crippen molar-refractivity contribution in [3.05, 3.63) is 48.5 Å². The fourth-order valence-electron chi connectivity index (χ4n) is 2.07. The maximum absolute atomic E-state index is 12.0. The Bertz CT molecular complexity index is 763. The summed E-state index contributed by atoms with van der Waals surface area (Å²) in [4.78, 5) is 23.0. The van der Waals surface area contributed by atoms with Crippen LogP contribution in [0.3, 0.4) is 0 Å². The molecule has 0 saturated carbocycles. The van der Waals surface area contributed by atoms with Gasteiger partial charge >= 0.3 is 6.03 Å². The summed E-state index contributed by atoms with van der Waals surface area (Å²) in [6.45, 7) is 2.09. The van der Waals surface area contributed by atoms with Gasteiger partial charge in [-0.1, -0.05) is 19.1 Å². The number of H-pyrrole nitrogens is 1. The predicted molar refractivity (Wildman–Crippen MR) is 82.4 cm³/mol. The third-order valence-electron chi connectivity index (χ3n) is 3.22. The molecule has 6 nitrogen and oxygen atoms in total. The molecule has 0 spiro atoms. The molecule has 21 heavy (non-hydrogen) atoms. The molecule has 3 aromatic rings. The summed E-state index contributed by atoms with van der Waals surface area (Å²) in [7, 11) is 0. The van der Waals surface area contributed by atoms with Crippen molar-refractivity contribution in [3.8, 4) is 0 Å². The smallest absolute Gasteiger partial charge is 0.323 e. The van der Waals surface area contributed by atoms with Crippen LogP contribution in [0.4, 0.5) is 16.2 Å². The number of carbonyl (C=O) groups is 1. The number of fused-ring (bicyclic) bond motifs is 1. The highest BCUT2D eigenvalue weighted by molar-refractivity contribution is 6.05. The zero-order valence-corrected chi connectivity index (χ0v) is 11.6. The van der Waals surface area contributed by atoms with Crippen LogP contribution < -0.4 is 10.6 Å². The van der Waals surface area contributed by atoms with Gasteiger partial charge in [-0.25, -0.2) is 14.8 Å². The normalized spacial score (nSPS) is 10.5. The van der Waals surface area contributed by atoms with E-state index < -0.39 is 0 Å². The molecule has 2 aromatic heterocycles. The fourth-order valence-corrected chi connectivity index (χ4v) is 2.07. The molecule has 106 valence electrons. The molecule has 0 aliphatic rings. The van der Waals surface area contributed by atoms with Gasteiger partial charge in [0.25, 0.3) is 0 Å².